The Labute approximate surface area is 139 Å². The van der Waals surface area contributed by atoms with E-state index in [0.29, 0.717) is 21.8 Å². The Morgan fingerprint density at radius 1 is 1.30 bits per heavy atom. The van der Waals surface area contributed by atoms with Gasteiger partial charge in [0, 0.05) is 28.0 Å². The number of benzene rings is 1. The van der Waals surface area contributed by atoms with Crippen molar-refractivity contribution in [3.05, 3.63) is 67.2 Å². The zero-order valence-electron chi connectivity index (χ0n) is 11.7. The van der Waals surface area contributed by atoms with Crippen LogP contribution >= 0.6 is 22.7 Å². The van der Waals surface area contributed by atoms with Crippen LogP contribution < -0.4 is 0 Å². The average molecular weight is 339 g/mol. The Hall–Kier alpha value is -2.82. The van der Waals surface area contributed by atoms with Crippen molar-refractivity contribution in [1.82, 2.24) is 4.98 Å². The summed E-state index contributed by atoms with van der Waals surface area (Å²) in [5, 5.41) is 24.5. The third-order valence-electron chi connectivity index (χ3n) is 3.04. The first-order valence-corrected chi connectivity index (χ1v) is 8.29. The lowest BCUT2D eigenvalue weighted by Gasteiger charge is -1.97. The quantitative estimate of drug-likeness (QED) is 0.387. The molecule has 23 heavy (non-hydrogen) atoms. The molecule has 112 valence electrons. The number of hydrogen-bond donors (Lipinski definition) is 0. The maximum absolute atomic E-state index is 10.9. The molecule has 3 aromatic rings. The zero-order chi connectivity index (χ0) is 16.2. The number of thiophene rings is 1. The number of nitro benzene ring substituents is 1. The minimum Gasteiger partial charge on any atom is -0.258 e. The van der Waals surface area contributed by atoms with Gasteiger partial charge in [-0.15, -0.1) is 22.7 Å². The lowest BCUT2D eigenvalue weighted by molar-refractivity contribution is -0.384. The molecule has 0 spiro atoms. The molecule has 2 aromatic heterocycles. The molecule has 0 radical (unpaired) electrons. The van der Waals surface area contributed by atoms with E-state index in [0.717, 1.165) is 4.88 Å². The highest BCUT2D eigenvalue weighted by molar-refractivity contribution is 7.12. The minimum absolute atomic E-state index is 0.0201. The van der Waals surface area contributed by atoms with Crippen molar-refractivity contribution < 1.29 is 4.92 Å². The second-order valence-corrected chi connectivity index (χ2v) is 6.37. The van der Waals surface area contributed by atoms with E-state index in [9.17, 15) is 15.4 Å². The van der Waals surface area contributed by atoms with Crippen LogP contribution in [0.3, 0.4) is 0 Å². The summed E-state index contributed by atoms with van der Waals surface area (Å²) in [6.45, 7) is 0. The number of aromatic nitrogens is 1. The van der Waals surface area contributed by atoms with Crippen molar-refractivity contribution in [3.8, 4) is 17.3 Å². The van der Waals surface area contributed by atoms with Gasteiger partial charge in [-0.05, 0) is 17.5 Å². The van der Waals surface area contributed by atoms with E-state index in [1.165, 1.54) is 23.5 Å². The molecule has 0 aliphatic rings. The summed E-state index contributed by atoms with van der Waals surface area (Å²) in [7, 11) is 0. The fourth-order valence-corrected chi connectivity index (χ4v) is 3.42. The van der Waals surface area contributed by atoms with Gasteiger partial charge in [0.25, 0.3) is 5.69 Å². The van der Waals surface area contributed by atoms with Crippen molar-refractivity contribution in [3.63, 3.8) is 0 Å². The molecule has 0 aliphatic heterocycles. The Balaban J connectivity index is 1.96. The van der Waals surface area contributed by atoms with Gasteiger partial charge < -0.3 is 0 Å². The predicted octanol–water partition coefficient (Wildman–Crippen LogP) is 4.84. The molecule has 0 fully saturated rings. The van der Waals surface area contributed by atoms with Gasteiger partial charge in [0.15, 0.2) is 0 Å². The molecule has 0 saturated carbocycles. The molecule has 0 unspecified atom stereocenters. The van der Waals surface area contributed by atoms with Gasteiger partial charge in [-0.25, -0.2) is 4.98 Å². The number of hydrogen-bond acceptors (Lipinski definition) is 6. The number of nitriles is 1. The molecule has 1 aromatic carbocycles. The topological polar surface area (TPSA) is 79.8 Å². The van der Waals surface area contributed by atoms with Crippen LogP contribution in [0.1, 0.15) is 9.88 Å². The summed E-state index contributed by atoms with van der Waals surface area (Å²) in [6, 6.07) is 12.3. The molecule has 0 saturated heterocycles. The molecular weight excluding hydrogens is 330 g/mol. The molecule has 5 nitrogen and oxygen atoms in total. The van der Waals surface area contributed by atoms with Crippen molar-refractivity contribution in [2.75, 3.05) is 0 Å². The summed E-state index contributed by atoms with van der Waals surface area (Å²) >= 11 is 2.89. The fourth-order valence-electron chi connectivity index (χ4n) is 1.97. The van der Waals surface area contributed by atoms with E-state index in [2.05, 4.69) is 11.1 Å². The third-order valence-corrected chi connectivity index (χ3v) is 4.73. The normalized spacial score (nSPS) is 11.2. The predicted molar refractivity (Wildman–Crippen MR) is 92.0 cm³/mol. The molecule has 2 heterocycles. The highest BCUT2D eigenvalue weighted by Gasteiger charge is 2.12. The second-order valence-electron chi connectivity index (χ2n) is 4.53. The Morgan fingerprint density at radius 2 is 2.17 bits per heavy atom. The maximum atomic E-state index is 10.9. The molecule has 0 bridgehead atoms. The van der Waals surface area contributed by atoms with E-state index in [-0.39, 0.29) is 5.69 Å². The number of nitro groups is 1. The highest BCUT2D eigenvalue weighted by atomic mass is 32.1. The molecule has 0 N–H and O–H groups in total. The SMILES string of the molecule is N#CC(=Cc1cccs1)c1nc(-c2cccc([N+](=O)[O-])c2)cs1. The first kappa shape index (κ1) is 15.1. The van der Waals surface area contributed by atoms with Gasteiger partial charge in [-0.2, -0.15) is 5.26 Å². The fraction of sp³-hybridized carbons (Fsp3) is 0. The van der Waals surface area contributed by atoms with E-state index in [4.69, 9.17) is 0 Å². The number of non-ortho nitro benzene ring substituents is 1. The molecule has 0 aliphatic carbocycles. The van der Waals surface area contributed by atoms with Gasteiger partial charge in [-0.3, -0.25) is 10.1 Å². The van der Waals surface area contributed by atoms with Crippen LogP contribution in [0, 0.1) is 21.4 Å². The summed E-state index contributed by atoms with van der Waals surface area (Å²) < 4.78 is 0. The summed E-state index contributed by atoms with van der Waals surface area (Å²) in [5.74, 6) is 0. The number of allylic oxidation sites excluding steroid dienone is 1. The smallest absolute Gasteiger partial charge is 0.258 e. The van der Waals surface area contributed by atoms with Crippen LogP contribution in [0.25, 0.3) is 22.9 Å². The molecule has 7 heteroatoms. The molecular formula is C16H9N3O2S2. The first-order valence-electron chi connectivity index (χ1n) is 6.53. The van der Waals surface area contributed by atoms with Crippen molar-refractivity contribution >= 4 is 40.0 Å². The van der Waals surface area contributed by atoms with Gasteiger partial charge in [0.2, 0.25) is 0 Å². The van der Waals surface area contributed by atoms with E-state index in [1.807, 2.05) is 17.5 Å². The minimum atomic E-state index is -0.436. The van der Waals surface area contributed by atoms with Crippen molar-refractivity contribution in [2.45, 2.75) is 0 Å². The molecule has 0 amide bonds. The summed E-state index contributed by atoms with van der Waals surface area (Å²) in [4.78, 5) is 15.8. The Bertz CT molecular complexity index is 921. The third kappa shape index (κ3) is 3.34. The van der Waals surface area contributed by atoms with Gasteiger partial charge in [-0.1, -0.05) is 18.2 Å². The Kier molecular flexibility index (Phi) is 4.28. The van der Waals surface area contributed by atoms with Crippen LogP contribution in [-0.4, -0.2) is 9.91 Å². The number of nitrogens with zero attached hydrogens (tertiary/aromatic N) is 3. The standard InChI is InChI=1S/C16H9N3O2S2/c17-9-12(8-14-5-2-6-22-14)16-18-15(10-23-16)11-3-1-4-13(7-11)19(20)21/h1-8,10H. The summed E-state index contributed by atoms with van der Waals surface area (Å²) in [5.41, 5.74) is 1.79. The van der Waals surface area contributed by atoms with Gasteiger partial charge >= 0.3 is 0 Å². The lowest BCUT2D eigenvalue weighted by Crippen LogP contribution is -1.88. The van der Waals surface area contributed by atoms with E-state index >= 15 is 0 Å². The number of rotatable bonds is 4. The number of thiazole rings is 1. The van der Waals surface area contributed by atoms with Crippen LogP contribution in [-0.2, 0) is 0 Å². The van der Waals surface area contributed by atoms with Crippen LogP contribution in [0.5, 0.6) is 0 Å². The van der Waals surface area contributed by atoms with Crippen LogP contribution in [0.15, 0.2) is 47.2 Å². The van der Waals surface area contributed by atoms with Crippen LogP contribution in [0.2, 0.25) is 0 Å². The lowest BCUT2D eigenvalue weighted by atomic mass is 10.1. The molecule has 0 atom stereocenters. The first-order chi connectivity index (χ1) is 11.2. The van der Waals surface area contributed by atoms with E-state index < -0.39 is 4.92 Å². The molecule has 3 rings (SSSR count). The van der Waals surface area contributed by atoms with Crippen LogP contribution in [0.4, 0.5) is 5.69 Å². The van der Waals surface area contributed by atoms with Gasteiger partial charge in [0.1, 0.15) is 11.1 Å². The van der Waals surface area contributed by atoms with Gasteiger partial charge in [0.05, 0.1) is 16.2 Å². The Morgan fingerprint density at radius 3 is 2.87 bits per heavy atom. The second kappa shape index (κ2) is 6.52. The van der Waals surface area contributed by atoms with Crippen molar-refractivity contribution in [1.29, 1.82) is 5.26 Å². The highest BCUT2D eigenvalue weighted by Crippen LogP contribution is 2.29. The largest absolute Gasteiger partial charge is 0.270 e. The zero-order valence-corrected chi connectivity index (χ0v) is 13.3. The average Bonchev–Trinajstić information content (AvgIpc) is 3.24. The van der Waals surface area contributed by atoms with Crippen molar-refractivity contribution in [2.24, 2.45) is 0 Å². The summed E-state index contributed by atoms with van der Waals surface area (Å²) in [6.07, 6.45) is 1.79. The monoisotopic (exact) mass is 339 g/mol. The van der Waals surface area contributed by atoms with E-state index in [1.54, 1.807) is 34.9 Å². The maximum Gasteiger partial charge on any atom is 0.270 e.